The number of piperazine rings is 1. The van der Waals surface area contributed by atoms with E-state index in [0.29, 0.717) is 0 Å². The maximum atomic E-state index is 12.5. The predicted octanol–water partition coefficient (Wildman–Crippen LogP) is 3.61. The molecule has 0 bridgehead atoms. The number of hydrogen-bond donors (Lipinski definition) is 1. The molecule has 1 saturated heterocycles. The molecule has 1 N–H and O–H groups in total. The number of ether oxygens (including phenoxy) is 1. The number of carbonyl (C=O) groups is 1. The first-order valence-corrected chi connectivity index (χ1v) is 9.55. The van der Waals surface area contributed by atoms with E-state index >= 15 is 0 Å². The van der Waals surface area contributed by atoms with Crippen molar-refractivity contribution in [3.63, 3.8) is 0 Å². The van der Waals surface area contributed by atoms with Gasteiger partial charge in [-0.05, 0) is 43.3 Å². The molecule has 0 aromatic heterocycles. The molecule has 26 heavy (non-hydrogen) atoms. The van der Waals surface area contributed by atoms with Crippen molar-refractivity contribution >= 4 is 33.2 Å². The number of nitrogens with one attached hydrogen (secondary N) is 1. The molecule has 1 aliphatic heterocycles. The Morgan fingerprint density at radius 3 is 2.46 bits per heavy atom. The van der Waals surface area contributed by atoms with Gasteiger partial charge in [0.2, 0.25) is 5.91 Å². The van der Waals surface area contributed by atoms with Crippen LogP contribution in [0.5, 0.6) is 5.75 Å². The lowest BCUT2D eigenvalue weighted by atomic mass is 10.2. The van der Waals surface area contributed by atoms with Crippen molar-refractivity contribution in [2.75, 3.05) is 43.5 Å². The molecule has 0 aliphatic carbocycles. The lowest BCUT2D eigenvalue weighted by molar-refractivity contribution is -0.120. The van der Waals surface area contributed by atoms with Crippen LogP contribution in [0.3, 0.4) is 0 Å². The Labute approximate surface area is 163 Å². The minimum absolute atomic E-state index is 0.0298. The zero-order chi connectivity index (χ0) is 18.5. The molecule has 5 nitrogen and oxygen atoms in total. The summed E-state index contributed by atoms with van der Waals surface area (Å²) >= 11 is 3.40. The summed E-state index contributed by atoms with van der Waals surface area (Å²) in [4.78, 5) is 17.1. The molecule has 1 fully saturated rings. The summed E-state index contributed by atoms with van der Waals surface area (Å²) in [5, 5.41) is 2.99. The number of methoxy groups -OCH3 is 1. The van der Waals surface area contributed by atoms with Gasteiger partial charge in [-0.2, -0.15) is 0 Å². The molecule has 138 valence electrons. The smallest absolute Gasteiger partial charge is 0.241 e. The van der Waals surface area contributed by atoms with Gasteiger partial charge in [0.05, 0.1) is 13.2 Å². The molecule has 0 spiro atoms. The van der Waals surface area contributed by atoms with Crippen LogP contribution in [0.1, 0.15) is 6.92 Å². The van der Waals surface area contributed by atoms with Crippen LogP contribution in [0.2, 0.25) is 0 Å². The molecule has 0 saturated carbocycles. The molecule has 1 atom stereocenters. The summed E-state index contributed by atoms with van der Waals surface area (Å²) in [5.41, 5.74) is 1.98. The second-order valence-corrected chi connectivity index (χ2v) is 7.31. The Hall–Kier alpha value is -2.05. The number of rotatable bonds is 5. The molecule has 1 heterocycles. The fourth-order valence-corrected chi connectivity index (χ4v) is 3.38. The normalized spacial score (nSPS) is 16.2. The molecular formula is C20H24BrN3O2. The van der Waals surface area contributed by atoms with Crippen molar-refractivity contribution in [2.45, 2.75) is 13.0 Å². The molecule has 0 unspecified atom stereocenters. The van der Waals surface area contributed by atoms with E-state index in [9.17, 15) is 4.79 Å². The molecule has 0 radical (unpaired) electrons. The maximum absolute atomic E-state index is 12.5. The largest absolute Gasteiger partial charge is 0.497 e. The van der Waals surface area contributed by atoms with Crippen molar-refractivity contribution in [3.05, 3.63) is 53.0 Å². The van der Waals surface area contributed by atoms with Gasteiger partial charge in [0, 0.05) is 48.1 Å². The van der Waals surface area contributed by atoms with Crippen molar-refractivity contribution in [1.82, 2.24) is 4.90 Å². The first kappa shape index (κ1) is 18.7. The van der Waals surface area contributed by atoms with Crippen LogP contribution >= 0.6 is 15.9 Å². The monoisotopic (exact) mass is 417 g/mol. The fraction of sp³-hybridized carbons (Fsp3) is 0.350. The average Bonchev–Trinajstić information content (AvgIpc) is 2.69. The highest BCUT2D eigenvalue weighted by Gasteiger charge is 2.25. The van der Waals surface area contributed by atoms with E-state index in [4.69, 9.17) is 4.74 Å². The van der Waals surface area contributed by atoms with Gasteiger partial charge < -0.3 is 15.0 Å². The van der Waals surface area contributed by atoms with Crippen LogP contribution in [0.25, 0.3) is 0 Å². The van der Waals surface area contributed by atoms with Gasteiger partial charge >= 0.3 is 0 Å². The molecular weight excluding hydrogens is 394 g/mol. The summed E-state index contributed by atoms with van der Waals surface area (Å²) < 4.78 is 6.30. The number of amides is 1. The van der Waals surface area contributed by atoms with E-state index in [0.717, 1.165) is 47.8 Å². The lowest BCUT2D eigenvalue weighted by Gasteiger charge is -2.38. The highest BCUT2D eigenvalue weighted by Crippen LogP contribution is 2.22. The summed E-state index contributed by atoms with van der Waals surface area (Å²) in [5.74, 6) is 0.898. The van der Waals surface area contributed by atoms with E-state index in [1.54, 1.807) is 7.11 Å². The SMILES string of the molecule is COc1cccc(N2CCN([C@@H](C)C(=O)Nc3ccc(Br)cc3)CC2)c1. The Kier molecular flexibility index (Phi) is 6.16. The average molecular weight is 418 g/mol. The van der Waals surface area contributed by atoms with Crippen molar-refractivity contribution < 1.29 is 9.53 Å². The second kappa shape index (κ2) is 8.56. The predicted molar refractivity (Wildman–Crippen MR) is 109 cm³/mol. The Morgan fingerprint density at radius 1 is 1.12 bits per heavy atom. The van der Waals surface area contributed by atoms with Gasteiger partial charge in [0.15, 0.2) is 0 Å². The summed E-state index contributed by atoms with van der Waals surface area (Å²) in [6, 6.07) is 15.6. The van der Waals surface area contributed by atoms with Crippen LogP contribution in [-0.4, -0.2) is 50.1 Å². The highest BCUT2D eigenvalue weighted by molar-refractivity contribution is 9.10. The van der Waals surface area contributed by atoms with E-state index in [1.807, 2.05) is 43.3 Å². The van der Waals surface area contributed by atoms with Gasteiger partial charge in [0.1, 0.15) is 5.75 Å². The maximum Gasteiger partial charge on any atom is 0.241 e. The Morgan fingerprint density at radius 2 is 1.81 bits per heavy atom. The molecule has 2 aromatic carbocycles. The number of carbonyl (C=O) groups excluding carboxylic acids is 1. The lowest BCUT2D eigenvalue weighted by Crippen LogP contribution is -2.52. The molecule has 1 amide bonds. The summed E-state index contributed by atoms with van der Waals surface area (Å²) in [6.45, 7) is 5.46. The van der Waals surface area contributed by atoms with Crippen molar-refractivity contribution in [1.29, 1.82) is 0 Å². The number of nitrogens with zero attached hydrogens (tertiary/aromatic N) is 2. The van der Waals surface area contributed by atoms with E-state index < -0.39 is 0 Å². The first-order chi connectivity index (χ1) is 12.6. The van der Waals surface area contributed by atoms with Gasteiger partial charge in [-0.1, -0.05) is 22.0 Å². The number of halogens is 1. The minimum atomic E-state index is -0.161. The van der Waals surface area contributed by atoms with E-state index in [1.165, 1.54) is 0 Å². The molecule has 2 aromatic rings. The zero-order valence-electron chi connectivity index (χ0n) is 15.1. The first-order valence-electron chi connectivity index (χ1n) is 8.76. The summed E-state index contributed by atoms with van der Waals surface area (Å²) in [7, 11) is 1.68. The standard InChI is InChI=1S/C20H24BrN3O2/c1-15(20(25)22-17-8-6-16(21)7-9-17)23-10-12-24(13-11-23)18-4-3-5-19(14-18)26-2/h3-9,14-15H,10-13H2,1-2H3,(H,22,25)/t15-/m0/s1. The van der Waals surface area contributed by atoms with Crippen LogP contribution in [-0.2, 0) is 4.79 Å². The highest BCUT2D eigenvalue weighted by atomic mass is 79.9. The van der Waals surface area contributed by atoms with Gasteiger partial charge in [-0.15, -0.1) is 0 Å². The zero-order valence-corrected chi connectivity index (χ0v) is 16.7. The van der Waals surface area contributed by atoms with Crippen LogP contribution in [0.4, 0.5) is 11.4 Å². The van der Waals surface area contributed by atoms with Crippen molar-refractivity contribution in [2.24, 2.45) is 0 Å². The molecule has 3 rings (SSSR count). The number of hydrogen-bond acceptors (Lipinski definition) is 4. The summed E-state index contributed by atoms with van der Waals surface area (Å²) in [6.07, 6.45) is 0. The minimum Gasteiger partial charge on any atom is -0.497 e. The van der Waals surface area contributed by atoms with Gasteiger partial charge in [-0.25, -0.2) is 0 Å². The Bertz CT molecular complexity index is 743. The fourth-order valence-electron chi connectivity index (χ4n) is 3.12. The second-order valence-electron chi connectivity index (χ2n) is 6.40. The third-order valence-electron chi connectivity index (χ3n) is 4.77. The molecule has 6 heteroatoms. The van der Waals surface area contributed by atoms with E-state index in [2.05, 4.69) is 43.2 Å². The van der Waals surface area contributed by atoms with Crippen LogP contribution in [0, 0.1) is 0 Å². The number of benzene rings is 2. The Balaban J connectivity index is 1.55. The number of anilines is 2. The van der Waals surface area contributed by atoms with Crippen LogP contribution < -0.4 is 15.0 Å². The molecule has 1 aliphatic rings. The topological polar surface area (TPSA) is 44.8 Å². The quantitative estimate of drug-likeness (QED) is 0.806. The van der Waals surface area contributed by atoms with Crippen LogP contribution in [0.15, 0.2) is 53.0 Å². The van der Waals surface area contributed by atoms with Crippen molar-refractivity contribution in [3.8, 4) is 5.75 Å². The van der Waals surface area contributed by atoms with Gasteiger partial charge in [0.25, 0.3) is 0 Å². The third kappa shape index (κ3) is 4.56. The third-order valence-corrected chi connectivity index (χ3v) is 5.30. The van der Waals surface area contributed by atoms with Gasteiger partial charge in [-0.3, -0.25) is 9.69 Å². The van der Waals surface area contributed by atoms with E-state index in [-0.39, 0.29) is 11.9 Å².